The smallest absolute Gasteiger partial charge is 0.244 e. The van der Waals surface area contributed by atoms with Crippen molar-refractivity contribution in [2.24, 2.45) is 0 Å². The van der Waals surface area contributed by atoms with E-state index >= 15 is 0 Å². The van der Waals surface area contributed by atoms with E-state index in [2.05, 4.69) is 5.32 Å². The van der Waals surface area contributed by atoms with E-state index < -0.39 is 0 Å². The van der Waals surface area contributed by atoms with Crippen LogP contribution in [0.2, 0.25) is 0 Å². The number of carbonyl (C=O) groups is 2. The largest absolute Gasteiger partial charge is 0.497 e. The molecule has 24 heavy (non-hydrogen) atoms. The lowest BCUT2D eigenvalue weighted by atomic mass is 10.2. The van der Waals surface area contributed by atoms with Crippen molar-refractivity contribution in [3.8, 4) is 11.5 Å². The van der Waals surface area contributed by atoms with Crippen molar-refractivity contribution < 1.29 is 19.1 Å². The second-order valence-corrected chi connectivity index (χ2v) is 5.05. The van der Waals surface area contributed by atoms with E-state index in [-0.39, 0.29) is 18.4 Å². The van der Waals surface area contributed by atoms with Gasteiger partial charge in [0.2, 0.25) is 11.8 Å². The third-order valence-corrected chi connectivity index (χ3v) is 3.43. The summed E-state index contributed by atoms with van der Waals surface area (Å²) in [6.07, 6.45) is 0. The van der Waals surface area contributed by atoms with Crippen molar-refractivity contribution in [2.45, 2.75) is 6.92 Å². The van der Waals surface area contributed by atoms with Gasteiger partial charge in [-0.1, -0.05) is 12.1 Å². The maximum absolute atomic E-state index is 12.3. The van der Waals surface area contributed by atoms with Gasteiger partial charge in [0.25, 0.3) is 0 Å². The fourth-order valence-corrected chi connectivity index (χ4v) is 2.24. The molecule has 6 nitrogen and oxygen atoms in total. The van der Waals surface area contributed by atoms with Crippen LogP contribution in [-0.4, -0.2) is 32.6 Å². The van der Waals surface area contributed by atoms with E-state index in [4.69, 9.17) is 9.47 Å². The number of carbonyl (C=O) groups excluding carboxylic acids is 2. The minimum atomic E-state index is -0.304. The fraction of sp³-hybridized carbons (Fsp3) is 0.222. The first-order chi connectivity index (χ1) is 11.5. The van der Waals surface area contributed by atoms with Gasteiger partial charge in [-0.3, -0.25) is 14.5 Å². The zero-order valence-corrected chi connectivity index (χ0v) is 13.9. The molecule has 0 aliphatic rings. The van der Waals surface area contributed by atoms with Crippen molar-refractivity contribution in [3.05, 3.63) is 48.5 Å². The summed E-state index contributed by atoms with van der Waals surface area (Å²) in [5.41, 5.74) is 1.18. The van der Waals surface area contributed by atoms with Crippen LogP contribution in [0.1, 0.15) is 6.92 Å². The summed E-state index contributed by atoms with van der Waals surface area (Å²) in [6, 6.07) is 14.0. The Hall–Kier alpha value is -3.02. The molecular weight excluding hydrogens is 308 g/mol. The number of ether oxygens (including phenoxy) is 2. The number of benzene rings is 2. The van der Waals surface area contributed by atoms with Gasteiger partial charge in [0.15, 0.2) is 0 Å². The number of hydrogen-bond donors (Lipinski definition) is 1. The summed E-state index contributed by atoms with van der Waals surface area (Å²) >= 11 is 0. The molecule has 6 heteroatoms. The first-order valence-corrected chi connectivity index (χ1v) is 7.40. The number of nitrogens with zero attached hydrogens (tertiary/aromatic N) is 1. The highest BCUT2D eigenvalue weighted by Gasteiger charge is 2.19. The zero-order chi connectivity index (χ0) is 17.5. The van der Waals surface area contributed by atoms with Crippen molar-refractivity contribution in [1.29, 1.82) is 0 Å². The van der Waals surface area contributed by atoms with Gasteiger partial charge in [-0.05, 0) is 36.4 Å². The van der Waals surface area contributed by atoms with Gasteiger partial charge in [0, 0.05) is 12.6 Å². The second kappa shape index (κ2) is 8.01. The molecule has 0 atom stereocenters. The van der Waals surface area contributed by atoms with Crippen LogP contribution in [0.15, 0.2) is 48.5 Å². The molecule has 0 unspecified atom stereocenters. The normalized spacial score (nSPS) is 9.96. The summed E-state index contributed by atoms with van der Waals surface area (Å²) < 4.78 is 10.3. The van der Waals surface area contributed by atoms with Gasteiger partial charge in [-0.25, -0.2) is 0 Å². The minimum absolute atomic E-state index is 0.109. The zero-order valence-electron chi connectivity index (χ0n) is 13.9. The number of amides is 2. The Labute approximate surface area is 141 Å². The Balaban J connectivity index is 2.12. The number of para-hydroxylation sites is 2. The van der Waals surface area contributed by atoms with Crippen LogP contribution in [0.5, 0.6) is 11.5 Å². The summed E-state index contributed by atoms with van der Waals surface area (Å²) in [6.45, 7) is 1.30. The number of anilines is 2. The first-order valence-electron chi connectivity index (χ1n) is 7.40. The average Bonchev–Trinajstić information content (AvgIpc) is 2.60. The standard InChI is InChI=1S/C18H20N2O4/c1-13(21)20(16-6-4-5-7-17(16)24-3)12-18(22)19-14-8-10-15(23-2)11-9-14/h4-11H,12H2,1-3H3,(H,19,22). The molecule has 126 valence electrons. The van der Waals surface area contributed by atoms with Crippen LogP contribution >= 0.6 is 0 Å². The van der Waals surface area contributed by atoms with E-state index in [0.717, 1.165) is 0 Å². The summed E-state index contributed by atoms with van der Waals surface area (Å²) in [7, 11) is 3.10. The first kappa shape index (κ1) is 17.3. The van der Waals surface area contributed by atoms with Crippen LogP contribution in [0, 0.1) is 0 Å². The van der Waals surface area contributed by atoms with Gasteiger partial charge in [0.05, 0.1) is 19.9 Å². The van der Waals surface area contributed by atoms with Crippen molar-refractivity contribution in [2.75, 3.05) is 31.0 Å². The predicted molar refractivity (Wildman–Crippen MR) is 92.6 cm³/mol. The van der Waals surface area contributed by atoms with Crippen LogP contribution in [0.4, 0.5) is 11.4 Å². The molecule has 2 amide bonds. The third kappa shape index (κ3) is 4.25. The van der Waals surface area contributed by atoms with E-state index in [1.165, 1.54) is 18.9 Å². The molecule has 0 saturated carbocycles. The topological polar surface area (TPSA) is 67.9 Å². The summed E-state index contributed by atoms with van der Waals surface area (Å²) in [5.74, 6) is 0.683. The lowest BCUT2D eigenvalue weighted by Gasteiger charge is -2.22. The van der Waals surface area contributed by atoms with E-state index in [0.29, 0.717) is 22.9 Å². The number of methoxy groups -OCH3 is 2. The van der Waals surface area contributed by atoms with Gasteiger partial charge in [-0.2, -0.15) is 0 Å². The molecule has 2 aromatic carbocycles. The summed E-state index contributed by atoms with van der Waals surface area (Å²) in [4.78, 5) is 25.6. The highest BCUT2D eigenvalue weighted by atomic mass is 16.5. The Kier molecular flexibility index (Phi) is 5.78. The lowest BCUT2D eigenvalue weighted by Crippen LogP contribution is -2.36. The van der Waals surface area contributed by atoms with Crippen molar-refractivity contribution in [1.82, 2.24) is 0 Å². The predicted octanol–water partition coefficient (Wildman–Crippen LogP) is 2.70. The fourth-order valence-electron chi connectivity index (χ4n) is 2.24. The molecular formula is C18H20N2O4. The number of hydrogen-bond acceptors (Lipinski definition) is 4. The molecule has 2 rings (SSSR count). The highest BCUT2D eigenvalue weighted by molar-refractivity contribution is 6.02. The van der Waals surface area contributed by atoms with Crippen LogP contribution in [0.3, 0.4) is 0 Å². The van der Waals surface area contributed by atoms with Gasteiger partial charge < -0.3 is 14.8 Å². The molecule has 1 N–H and O–H groups in total. The highest BCUT2D eigenvalue weighted by Crippen LogP contribution is 2.27. The van der Waals surface area contributed by atoms with Crippen LogP contribution in [-0.2, 0) is 9.59 Å². The van der Waals surface area contributed by atoms with Crippen LogP contribution < -0.4 is 19.7 Å². The molecule has 0 aliphatic heterocycles. The molecule has 0 spiro atoms. The van der Waals surface area contributed by atoms with Gasteiger partial charge >= 0.3 is 0 Å². The van der Waals surface area contributed by atoms with E-state index in [9.17, 15) is 9.59 Å². The van der Waals surface area contributed by atoms with Crippen LogP contribution in [0.25, 0.3) is 0 Å². The maximum atomic E-state index is 12.3. The van der Waals surface area contributed by atoms with E-state index in [1.807, 2.05) is 0 Å². The molecule has 0 aromatic heterocycles. The second-order valence-electron chi connectivity index (χ2n) is 5.05. The molecule has 2 aromatic rings. The van der Waals surface area contributed by atoms with E-state index in [1.54, 1.807) is 55.6 Å². The maximum Gasteiger partial charge on any atom is 0.244 e. The monoisotopic (exact) mass is 328 g/mol. The number of nitrogens with one attached hydrogen (secondary N) is 1. The molecule has 0 aliphatic carbocycles. The minimum Gasteiger partial charge on any atom is -0.497 e. The third-order valence-electron chi connectivity index (χ3n) is 3.43. The Morgan fingerprint density at radius 2 is 1.67 bits per heavy atom. The molecule has 0 fully saturated rings. The Morgan fingerprint density at radius 1 is 1.00 bits per heavy atom. The lowest BCUT2D eigenvalue weighted by molar-refractivity contribution is -0.120. The molecule has 0 bridgehead atoms. The molecule has 0 saturated heterocycles. The Morgan fingerprint density at radius 3 is 2.25 bits per heavy atom. The van der Waals surface area contributed by atoms with Gasteiger partial charge in [0.1, 0.15) is 18.0 Å². The molecule has 0 heterocycles. The van der Waals surface area contributed by atoms with Crippen molar-refractivity contribution in [3.63, 3.8) is 0 Å². The summed E-state index contributed by atoms with van der Waals surface area (Å²) in [5, 5.41) is 2.76. The number of rotatable bonds is 6. The Bertz CT molecular complexity index is 713. The SMILES string of the molecule is COc1ccc(NC(=O)CN(C(C)=O)c2ccccc2OC)cc1. The molecule has 0 radical (unpaired) electrons. The van der Waals surface area contributed by atoms with Gasteiger partial charge in [-0.15, -0.1) is 0 Å². The quantitative estimate of drug-likeness (QED) is 0.885. The average molecular weight is 328 g/mol. The van der Waals surface area contributed by atoms with Crippen molar-refractivity contribution >= 4 is 23.2 Å².